The minimum absolute atomic E-state index is 0.159. The number of ether oxygens (including phenoxy) is 1. The topological polar surface area (TPSA) is 93.0 Å². The molecule has 0 unspecified atom stereocenters. The van der Waals surface area contributed by atoms with E-state index in [1.54, 1.807) is 0 Å². The van der Waals surface area contributed by atoms with Gasteiger partial charge in [0.05, 0.1) is 13.4 Å². The zero-order valence-electron chi connectivity index (χ0n) is 9.93. The lowest BCUT2D eigenvalue weighted by molar-refractivity contribution is 0.408. The third-order valence-corrected chi connectivity index (χ3v) is 2.52. The van der Waals surface area contributed by atoms with Crippen molar-refractivity contribution in [3.63, 3.8) is 0 Å². The minimum atomic E-state index is -0.323. The normalized spacial score (nSPS) is 10.1. The molecule has 0 aliphatic rings. The van der Waals surface area contributed by atoms with Gasteiger partial charge in [-0.2, -0.15) is 0 Å². The van der Waals surface area contributed by atoms with E-state index in [1.165, 1.54) is 13.4 Å². The summed E-state index contributed by atoms with van der Waals surface area (Å²) in [6.07, 6.45) is 1.32. The summed E-state index contributed by atoms with van der Waals surface area (Å²) in [4.78, 5) is 17.9. The summed E-state index contributed by atoms with van der Waals surface area (Å²) in [5.74, 6) is 0.552. The standard InChI is InChI=1S/C12H14N4O2/c1-18-10-11(15-7-16-12(10)17)14-6-8-4-2-3-5-9(8)13/h2-5,7H,6,13H2,1H3,(H2,14,15,16,17). The molecule has 0 atom stereocenters. The van der Waals surface area contributed by atoms with Crippen molar-refractivity contribution in [1.82, 2.24) is 9.97 Å². The van der Waals surface area contributed by atoms with Crippen LogP contribution in [0.4, 0.5) is 11.5 Å². The Morgan fingerprint density at radius 2 is 2.22 bits per heavy atom. The molecule has 1 aromatic carbocycles. The molecule has 94 valence electrons. The van der Waals surface area contributed by atoms with Crippen LogP contribution in [-0.4, -0.2) is 17.1 Å². The lowest BCUT2D eigenvalue weighted by atomic mass is 10.2. The highest BCUT2D eigenvalue weighted by Gasteiger charge is 2.08. The summed E-state index contributed by atoms with van der Waals surface area (Å²) < 4.78 is 4.99. The van der Waals surface area contributed by atoms with Crippen molar-refractivity contribution in [1.29, 1.82) is 0 Å². The van der Waals surface area contributed by atoms with Gasteiger partial charge in [0.1, 0.15) is 0 Å². The highest BCUT2D eigenvalue weighted by molar-refractivity contribution is 5.52. The average molecular weight is 246 g/mol. The van der Waals surface area contributed by atoms with Crippen LogP contribution in [0.25, 0.3) is 0 Å². The molecule has 0 radical (unpaired) electrons. The number of nitrogen functional groups attached to an aromatic ring is 1. The lowest BCUT2D eigenvalue weighted by Crippen LogP contribution is -2.14. The molecule has 6 nitrogen and oxygen atoms in total. The van der Waals surface area contributed by atoms with Crippen molar-refractivity contribution >= 4 is 11.5 Å². The highest BCUT2D eigenvalue weighted by Crippen LogP contribution is 2.17. The van der Waals surface area contributed by atoms with Crippen LogP contribution < -0.4 is 21.3 Å². The summed E-state index contributed by atoms with van der Waals surface area (Å²) >= 11 is 0. The van der Waals surface area contributed by atoms with Gasteiger partial charge >= 0.3 is 0 Å². The molecular formula is C12H14N4O2. The van der Waals surface area contributed by atoms with Gasteiger partial charge in [-0.3, -0.25) is 4.79 Å². The van der Waals surface area contributed by atoms with Crippen LogP contribution in [0.3, 0.4) is 0 Å². The Hall–Kier alpha value is -2.50. The van der Waals surface area contributed by atoms with Crippen molar-refractivity contribution in [3.05, 3.63) is 46.5 Å². The highest BCUT2D eigenvalue weighted by atomic mass is 16.5. The molecule has 0 saturated heterocycles. The predicted molar refractivity (Wildman–Crippen MR) is 69.6 cm³/mol. The second-order valence-electron chi connectivity index (χ2n) is 3.67. The number of rotatable bonds is 4. The fourth-order valence-corrected chi connectivity index (χ4v) is 1.58. The maximum Gasteiger partial charge on any atom is 0.295 e. The van der Waals surface area contributed by atoms with Crippen molar-refractivity contribution < 1.29 is 4.74 Å². The number of hydrogen-bond acceptors (Lipinski definition) is 5. The fraction of sp³-hybridized carbons (Fsp3) is 0.167. The van der Waals surface area contributed by atoms with E-state index in [0.717, 1.165) is 5.56 Å². The predicted octanol–water partition coefficient (Wildman–Crippen LogP) is 0.973. The van der Waals surface area contributed by atoms with Crippen LogP contribution in [0.1, 0.15) is 5.56 Å². The molecule has 1 aromatic heterocycles. The smallest absolute Gasteiger partial charge is 0.295 e. The Balaban J connectivity index is 2.19. The first-order chi connectivity index (χ1) is 8.72. The minimum Gasteiger partial charge on any atom is -0.489 e. The van der Waals surface area contributed by atoms with Crippen LogP contribution >= 0.6 is 0 Å². The first kappa shape index (κ1) is 12.0. The SMILES string of the molecule is COc1c(NCc2ccccc2N)nc[nH]c1=O. The van der Waals surface area contributed by atoms with Gasteiger partial charge in [-0.25, -0.2) is 4.98 Å². The summed E-state index contributed by atoms with van der Waals surface area (Å²) in [5, 5.41) is 3.03. The van der Waals surface area contributed by atoms with Crippen LogP contribution in [0, 0.1) is 0 Å². The number of anilines is 2. The summed E-state index contributed by atoms with van der Waals surface area (Å²) in [6.45, 7) is 0.472. The Morgan fingerprint density at radius 3 is 2.94 bits per heavy atom. The first-order valence-corrected chi connectivity index (χ1v) is 5.41. The molecule has 0 fully saturated rings. The van der Waals surface area contributed by atoms with Crippen LogP contribution in [-0.2, 0) is 6.54 Å². The van der Waals surface area contributed by atoms with Crippen molar-refractivity contribution in [2.75, 3.05) is 18.2 Å². The van der Waals surface area contributed by atoms with E-state index in [9.17, 15) is 4.79 Å². The summed E-state index contributed by atoms with van der Waals surface area (Å²) in [5.41, 5.74) is 7.12. The number of benzene rings is 1. The lowest BCUT2D eigenvalue weighted by Gasteiger charge is -2.10. The van der Waals surface area contributed by atoms with Gasteiger partial charge in [0.2, 0.25) is 5.75 Å². The van der Waals surface area contributed by atoms with E-state index in [4.69, 9.17) is 10.5 Å². The first-order valence-electron chi connectivity index (χ1n) is 5.41. The molecule has 2 aromatic rings. The van der Waals surface area contributed by atoms with Gasteiger partial charge in [0.25, 0.3) is 5.56 Å². The quantitative estimate of drug-likeness (QED) is 0.699. The van der Waals surface area contributed by atoms with Gasteiger partial charge in [0.15, 0.2) is 5.82 Å². The fourth-order valence-electron chi connectivity index (χ4n) is 1.58. The maximum atomic E-state index is 11.5. The van der Waals surface area contributed by atoms with Crippen molar-refractivity contribution in [2.24, 2.45) is 0 Å². The molecule has 2 rings (SSSR count). The second-order valence-corrected chi connectivity index (χ2v) is 3.67. The zero-order chi connectivity index (χ0) is 13.0. The number of hydrogen-bond donors (Lipinski definition) is 3. The Labute approximate surface area is 104 Å². The molecule has 0 saturated carbocycles. The second kappa shape index (κ2) is 5.22. The Kier molecular flexibility index (Phi) is 3.47. The molecular weight excluding hydrogens is 232 g/mol. The molecule has 18 heavy (non-hydrogen) atoms. The summed E-state index contributed by atoms with van der Waals surface area (Å²) in [6, 6.07) is 7.49. The Bertz CT molecular complexity index is 595. The number of aromatic nitrogens is 2. The average Bonchev–Trinajstić information content (AvgIpc) is 2.38. The number of methoxy groups -OCH3 is 1. The zero-order valence-corrected chi connectivity index (χ0v) is 9.93. The molecule has 6 heteroatoms. The number of nitrogens with zero attached hydrogens (tertiary/aromatic N) is 1. The Morgan fingerprint density at radius 1 is 1.44 bits per heavy atom. The van der Waals surface area contributed by atoms with Crippen LogP contribution in [0.5, 0.6) is 5.75 Å². The van der Waals surface area contributed by atoms with E-state index >= 15 is 0 Å². The van der Waals surface area contributed by atoms with E-state index in [-0.39, 0.29) is 11.3 Å². The van der Waals surface area contributed by atoms with Crippen LogP contribution in [0.2, 0.25) is 0 Å². The molecule has 0 aliphatic carbocycles. The van der Waals surface area contributed by atoms with E-state index in [2.05, 4.69) is 15.3 Å². The molecule has 0 spiro atoms. The largest absolute Gasteiger partial charge is 0.489 e. The summed E-state index contributed by atoms with van der Waals surface area (Å²) in [7, 11) is 1.42. The van der Waals surface area contributed by atoms with Gasteiger partial charge < -0.3 is 20.8 Å². The molecule has 1 heterocycles. The number of H-pyrrole nitrogens is 1. The van der Waals surface area contributed by atoms with Gasteiger partial charge in [0, 0.05) is 12.2 Å². The molecule has 0 amide bonds. The van der Waals surface area contributed by atoms with Gasteiger partial charge in [-0.1, -0.05) is 18.2 Å². The van der Waals surface area contributed by atoms with Crippen molar-refractivity contribution in [3.8, 4) is 5.75 Å². The van der Waals surface area contributed by atoms with Crippen LogP contribution in [0.15, 0.2) is 35.4 Å². The molecule has 0 bridgehead atoms. The van der Waals surface area contributed by atoms with E-state index < -0.39 is 0 Å². The van der Waals surface area contributed by atoms with E-state index in [1.807, 2.05) is 24.3 Å². The third kappa shape index (κ3) is 2.42. The monoisotopic (exact) mass is 246 g/mol. The maximum absolute atomic E-state index is 11.5. The number of aromatic amines is 1. The number of para-hydroxylation sites is 1. The number of nitrogens with two attached hydrogens (primary N) is 1. The molecule has 4 N–H and O–H groups in total. The molecule has 0 aliphatic heterocycles. The number of nitrogens with one attached hydrogen (secondary N) is 2. The van der Waals surface area contributed by atoms with Crippen molar-refractivity contribution in [2.45, 2.75) is 6.54 Å². The third-order valence-electron chi connectivity index (χ3n) is 2.52. The van der Waals surface area contributed by atoms with E-state index in [0.29, 0.717) is 18.1 Å². The van der Waals surface area contributed by atoms with Gasteiger partial charge in [-0.05, 0) is 11.6 Å². The van der Waals surface area contributed by atoms with Gasteiger partial charge in [-0.15, -0.1) is 0 Å².